The van der Waals surface area contributed by atoms with E-state index in [1.807, 2.05) is 6.92 Å². The molecule has 0 unspecified atom stereocenters. The van der Waals surface area contributed by atoms with E-state index in [-0.39, 0.29) is 0 Å². The van der Waals surface area contributed by atoms with Gasteiger partial charge in [0.15, 0.2) is 5.82 Å². The standard InChI is InChI=1S/C15H17ClN4/c1-2-17-15-18-9-13(16)14(20-15)19-12-7-10-5-3-4-6-11(10)8-12/h3-6,9,12H,2,7-8H2,1H3,(H2,17,18,19,20). The number of hydrogen-bond donors (Lipinski definition) is 2. The number of anilines is 2. The lowest BCUT2D eigenvalue weighted by Crippen LogP contribution is -2.21. The number of halogens is 1. The fourth-order valence-electron chi connectivity index (χ4n) is 2.57. The van der Waals surface area contributed by atoms with Crippen LogP contribution in [0.4, 0.5) is 11.8 Å². The van der Waals surface area contributed by atoms with Gasteiger partial charge < -0.3 is 10.6 Å². The zero-order valence-electron chi connectivity index (χ0n) is 11.4. The van der Waals surface area contributed by atoms with Gasteiger partial charge in [0.05, 0.1) is 6.20 Å². The van der Waals surface area contributed by atoms with Gasteiger partial charge in [-0.15, -0.1) is 0 Å². The van der Waals surface area contributed by atoms with Crippen molar-refractivity contribution in [2.24, 2.45) is 0 Å². The van der Waals surface area contributed by atoms with Gasteiger partial charge in [-0.3, -0.25) is 0 Å². The molecule has 1 aliphatic rings. The molecule has 0 saturated carbocycles. The normalized spacial score (nSPS) is 14.1. The van der Waals surface area contributed by atoms with Crippen molar-refractivity contribution in [2.45, 2.75) is 25.8 Å². The second kappa shape index (κ2) is 5.67. The molecule has 0 bridgehead atoms. The van der Waals surface area contributed by atoms with E-state index in [9.17, 15) is 0 Å². The lowest BCUT2D eigenvalue weighted by Gasteiger charge is -2.14. The van der Waals surface area contributed by atoms with E-state index in [0.29, 0.717) is 22.8 Å². The van der Waals surface area contributed by atoms with E-state index in [1.165, 1.54) is 11.1 Å². The maximum atomic E-state index is 6.17. The summed E-state index contributed by atoms with van der Waals surface area (Å²) in [6.07, 6.45) is 3.65. The summed E-state index contributed by atoms with van der Waals surface area (Å²) in [5.74, 6) is 1.31. The second-order valence-corrected chi connectivity index (χ2v) is 5.35. The summed E-state index contributed by atoms with van der Waals surface area (Å²) < 4.78 is 0. The minimum atomic E-state index is 0.342. The quantitative estimate of drug-likeness (QED) is 0.907. The van der Waals surface area contributed by atoms with Gasteiger partial charge in [0.1, 0.15) is 5.02 Å². The monoisotopic (exact) mass is 288 g/mol. The summed E-state index contributed by atoms with van der Waals surface area (Å²) in [5.41, 5.74) is 2.81. The third-order valence-electron chi connectivity index (χ3n) is 3.47. The van der Waals surface area contributed by atoms with Crippen LogP contribution < -0.4 is 10.6 Å². The van der Waals surface area contributed by atoms with Gasteiger partial charge >= 0.3 is 0 Å². The van der Waals surface area contributed by atoms with Crippen LogP contribution in [0.15, 0.2) is 30.5 Å². The molecular formula is C15H17ClN4. The zero-order chi connectivity index (χ0) is 13.9. The number of benzene rings is 1. The van der Waals surface area contributed by atoms with E-state index in [0.717, 1.165) is 19.4 Å². The van der Waals surface area contributed by atoms with Crippen molar-refractivity contribution in [1.29, 1.82) is 0 Å². The van der Waals surface area contributed by atoms with Crippen LogP contribution in [0.2, 0.25) is 5.02 Å². The van der Waals surface area contributed by atoms with Crippen LogP contribution in [-0.4, -0.2) is 22.6 Å². The first-order valence-corrected chi connectivity index (χ1v) is 7.23. The maximum Gasteiger partial charge on any atom is 0.224 e. The second-order valence-electron chi connectivity index (χ2n) is 4.94. The third kappa shape index (κ3) is 2.70. The number of fused-ring (bicyclic) bond motifs is 1. The molecule has 0 amide bonds. The lowest BCUT2D eigenvalue weighted by molar-refractivity contribution is 0.768. The Labute approximate surface area is 123 Å². The van der Waals surface area contributed by atoms with Gasteiger partial charge in [0.2, 0.25) is 5.95 Å². The maximum absolute atomic E-state index is 6.17. The van der Waals surface area contributed by atoms with Gasteiger partial charge in [-0.1, -0.05) is 35.9 Å². The number of rotatable bonds is 4. The van der Waals surface area contributed by atoms with Crippen molar-refractivity contribution in [2.75, 3.05) is 17.2 Å². The van der Waals surface area contributed by atoms with Crippen LogP contribution in [0, 0.1) is 0 Å². The molecule has 2 N–H and O–H groups in total. The fourth-order valence-corrected chi connectivity index (χ4v) is 2.71. The van der Waals surface area contributed by atoms with Crippen LogP contribution in [0.3, 0.4) is 0 Å². The van der Waals surface area contributed by atoms with E-state index < -0.39 is 0 Å². The Bertz CT molecular complexity index is 590. The first kappa shape index (κ1) is 13.2. The van der Waals surface area contributed by atoms with Crippen molar-refractivity contribution in [3.63, 3.8) is 0 Å². The van der Waals surface area contributed by atoms with E-state index >= 15 is 0 Å². The predicted molar refractivity (Wildman–Crippen MR) is 82.5 cm³/mol. The topological polar surface area (TPSA) is 49.8 Å². The molecule has 3 rings (SSSR count). The Morgan fingerprint density at radius 2 is 1.95 bits per heavy atom. The Morgan fingerprint density at radius 3 is 2.60 bits per heavy atom. The molecule has 0 fully saturated rings. The highest BCUT2D eigenvalue weighted by molar-refractivity contribution is 6.32. The smallest absolute Gasteiger partial charge is 0.224 e. The molecule has 0 atom stereocenters. The number of aromatic nitrogens is 2. The van der Waals surface area contributed by atoms with Gasteiger partial charge in [0, 0.05) is 12.6 Å². The molecule has 20 heavy (non-hydrogen) atoms. The van der Waals surface area contributed by atoms with E-state index in [1.54, 1.807) is 6.20 Å². The molecule has 2 aromatic rings. The lowest BCUT2D eigenvalue weighted by atomic mass is 10.1. The van der Waals surface area contributed by atoms with Gasteiger partial charge in [0.25, 0.3) is 0 Å². The summed E-state index contributed by atoms with van der Waals surface area (Å²) >= 11 is 6.17. The van der Waals surface area contributed by atoms with Crippen LogP contribution in [-0.2, 0) is 12.8 Å². The summed E-state index contributed by atoms with van der Waals surface area (Å²) in [7, 11) is 0. The molecule has 4 nitrogen and oxygen atoms in total. The Balaban J connectivity index is 1.74. The predicted octanol–water partition coefficient (Wildman–Crippen LogP) is 3.14. The largest absolute Gasteiger partial charge is 0.365 e. The average Bonchev–Trinajstić information content (AvgIpc) is 2.85. The van der Waals surface area contributed by atoms with E-state index in [2.05, 4.69) is 44.9 Å². The Hall–Kier alpha value is -1.81. The Morgan fingerprint density at radius 1 is 1.25 bits per heavy atom. The van der Waals surface area contributed by atoms with Gasteiger partial charge in [-0.2, -0.15) is 4.98 Å². The average molecular weight is 289 g/mol. The summed E-state index contributed by atoms with van der Waals surface area (Å²) in [6, 6.07) is 8.88. The van der Waals surface area contributed by atoms with Crippen molar-refractivity contribution >= 4 is 23.4 Å². The molecule has 1 heterocycles. The summed E-state index contributed by atoms with van der Waals surface area (Å²) in [5, 5.41) is 7.09. The molecule has 5 heteroatoms. The number of nitrogens with zero attached hydrogens (tertiary/aromatic N) is 2. The van der Waals surface area contributed by atoms with Crippen molar-refractivity contribution in [3.8, 4) is 0 Å². The van der Waals surface area contributed by atoms with Crippen LogP contribution in [0.25, 0.3) is 0 Å². The molecule has 1 aromatic heterocycles. The molecule has 0 radical (unpaired) electrons. The van der Waals surface area contributed by atoms with E-state index in [4.69, 9.17) is 11.6 Å². The van der Waals surface area contributed by atoms with Crippen LogP contribution in [0.1, 0.15) is 18.1 Å². The highest BCUT2D eigenvalue weighted by Gasteiger charge is 2.21. The fraction of sp³-hybridized carbons (Fsp3) is 0.333. The zero-order valence-corrected chi connectivity index (χ0v) is 12.1. The molecule has 1 aliphatic carbocycles. The van der Waals surface area contributed by atoms with Crippen molar-refractivity contribution in [1.82, 2.24) is 9.97 Å². The molecule has 104 valence electrons. The molecule has 0 saturated heterocycles. The first-order valence-electron chi connectivity index (χ1n) is 6.86. The Kier molecular flexibility index (Phi) is 3.74. The number of nitrogens with one attached hydrogen (secondary N) is 2. The summed E-state index contributed by atoms with van der Waals surface area (Å²) in [6.45, 7) is 2.80. The summed E-state index contributed by atoms with van der Waals surface area (Å²) in [4.78, 5) is 8.57. The minimum Gasteiger partial charge on any atom is -0.365 e. The minimum absolute atomic E-state index is 0.342. The highest BCUT2D eigenvalue weighted by atomic mass is 35.5. The third-order valence-corrected chi connectivity index (χ3v) is 3.75. The molecular weight excluding hydrogens is 272 g/mol. The SMILES string of the molecule is CCNc1ncc(Cl)c(NC2Cc3ccccc3C2)n1. The van der Waals surface area contributed by atoms with Crippen molar-refractivity contribution in [3.05, 3.63) is 46.6 Å². The first-order chi connectivity index (χ1) is 9.76. The highest BCUT2D eigenvalue weighted by Crippen LogP contribution is 2.26. The molecule has 1 aromatic carbocycles. The molecule has 0 spiro atoms. The van der Waals surface area contributed by atoms with Crippen molar-refractivity contribution < 1.29 is 0 Å². The van der Waals surface area contributed by atoms with Crippen LogP contribution in [0.5, 0.6) is 0 Å². The van der Waals surface area contributed by atoms with Crippen LogP contribution >= 0.6 is 11.6 Å². The van der Waals surface area contributed by atoms with Gasteiger partial charge in [-0.25, -0.2) is 4.98 Å². The number of hydrogen-bond acceptors (Lipinski definition) is 4. The molecule has 0 aliphatic heterocycles. The van der Waals surface area contributed by atoms with Gasteiger partial charge in [-0.05, 0) is 30.9 Å².